The quantitative estimate of drug-likeness (QED) is 0.691. The summed E-state index contributed by atoms with van der Waals surface area (Å²) in [6, 6.07) is 3.52. The number of aldehydes is 1. The number of hydrogen-bond donors (Lipinski definition) is 0. The molecule has 1 heterocycles. The maximum absolute atomic E-state index is 10.4. The van der Waals surface area contributed by atoms with E-state index in [-0.39, 0.29) is 0 Å². The highest BCUT2D eigenvalue weighted by Crippen LogP contribution is 2.06. The molecule has 3 nitrogen and oxygen atoms in total. The molecule has 0 spiro atoms. The van der Waals surface area contributed by atoms with Crippen LogP contribution in [0.5, 0.6) is 0 Å². The van der Waals surface area contributed by atoms with E-state index in [4.69, 9.17) is 16.9 Å². The minimum absolute atomic E-state index is 0.455. The van der Waals surface area contributed by atoms with Crippen LogP contribution in [0.1, 0.15) is 16.1 Å². The molecule has 0 bridgehead atoms. The van der Waals surface area contributed by atoms with Crippen LogP contribution in [0.15, 0.2) is 23.9 Å². The van der Waals surface area contributed by atoms with E-state index < -0.39 is 0 Å². The number of carbonyl (C=O) groups excluding carboxylic acids is 1. The Bertz CT molecular complexity index is 373. The summed E-state index contributed by atoms with van der Waals surface area (Å²) in [5.41, 5.74) is 2.33. The van der Waals surface area contributed by atoms with Gasteiger partial charge in [0.15, 0.2) is 6.29 Å². The molecule has 0 amide bonds. The van der Waals surface area contributed by atoms with Gasteiger partial charge in [0.2, 0.25) is 0 Å². The fourth-order valence-corrected chi connectivity index (χ4v) is 1.07. The summed E-state index contributed by atoms with van der Waals surface area (Å²) in [6.07, 6.45) is 4.02. The van der Waals surface area contributed by atoms with Gasteiger partial charge in [0, 0.05) is 23.8 Å². The second-order valence-corrected chi connectivity index (χ2v) is 2.65. The third kappa shape index (κ3) is 2.20. The molecule has 0 N–H and O–H groups in total. The van der Waals surface area contributed by atoms with Crippen LogP contribution in [-0.2, 0) is 6.54 Å². The Morgan fingerprint density at radius 3 is 3.00 bits per heavy atom. The Hall–Kier alpha value is -1.53. The van der Waals surface area contributed by atoms with Crippen LogP contribution >= 0.6 is 11.6 Å². The number of halogens is 1. The molecule has 0 aromatic carbocycles. The molecule has 0 fully saturated rings. The SMILES string of the molecule is N#Cc1cc(C=O)cn1CC=CCl. The zero-order valence-electron chi connectivity index (χ0n) is 6.77. The number of nitriles is 1. The van der Waals surface area contributed by atoms with Crippen molar-refractivity contribution in [2.75, 3.05) is 0 Å². The average Bonchev–Trinajstić information content (AvgIpc) is 2.57. The fourth-order valence-electron chi connectivity index (χ4n) is 0.993. The number of allylic oxidation sites excluding steroid dienone is 1. The van der Waals surface area contributed by atoms with Crippen molar-refractivity contribution in [3.05, 3.63) is 35.1 Å². The number of nitrogens with zero attached hydrogens (tertiary/aromatic N) is 2. The van der Waals surface area contributed by atoms with E-state index in [0.29, 0.717) is 24.1 Å². The van der Waals surface area contributed by atoms with Crippen molar-refractivity contribution in [3.8, 4) is 6.07 Å². The Balaban J connectivity index is 2.98. The molecule has 4 heteroatoms. The zero-order chi connectivity index (χ0) is 9.68. The molecule has 0 saturated carbocycles. The average molecular weight is 195 g/mol. The molecular weight excluding hydrogens is 188 g/mol. The van der Waals surface area contributed by atoms with Gasteiger partial charge in [-0.3, -0.25) is 4.79 Å². The highest BCUT2D eigenvalue weighted by Gasteiger charge is 2.02. The van der Waals surface area contributed by atoms with Crippen LogP contribution in [0.3, 0.4) is 0 Å². The molecule has 0 atom stereocenters. The van der Waals surface area contributed by atoms with E-state index in [2.05, 4.69) is 0 Å². The van der Waals surface area contributed by atoms with Crippen molar-refractivity contribution in [1.29, 1.82) is 5.26 Å². The second-order valence-electron chi connectivity index (χ2n) is 2.40. The lowest BCUT2D eigenvalue weighted by atomic mass is 10.3. The van der Waals surface area contributed by atoms with Gasteiger partial charge in [0.25, 0.3) is 0 Å². The lowest BCUT2D eigenvalue weighted by Gasteiger charge is -1.97. The highest BCUT2D eigenvalue weighted by molar-refractivity contribution is 6.25. The van der Waals surface area contributed by atoms with Gasteiger partial charge < -0.3 is 4.57 Å². The normalized spacial score (nSPS) is 10.2. The van der Waals surface area contributed by atoms with Crippen LogP contribution < -0.4 is 0 Å². The molecule has 0 saturated heterocycles. The molecule has 0 radical (unpaired) electrons. The van der Waals surface area contributed by atoms with Crippen LogP contribution in [0, 0.1) is 11.3 Å². The number of hydrogen-bond acceptors (Lipinski definition) is 2. The number of rotatable bonds is 3. The van der Waals surface area contributed by atoms with Gasteiger partial charge in [0.05, 0.1) is 0 Å². The summed E-state index contributed by atoms with van der Waals surface area (Å²) in [5.74, 6) is 0. The van der Waals surface area contributed by atoms with E-state index in [0.717, 1.165) is 0 Å². The van der Waals surface area contributed by atoms with Gasteiger partial charge in [-0.15, -0.1) is 0 Å². The maximum Gasteiger partial charge on any atom is 0.151 e. The summed E-state index contributed by atoms with van der Waals surface area (Å²) in [5, 5.41) is 8.68. The first-order valence-corrected chi connectivity index (χ1v) is 4.06. The van der Waals surface area contributed by atoms with Crippen LogP contribution in [-0.4, -0.2) is 10.9 Å². The largest absolute Gasteiger partial charge is 0.335 e. The third-order valence-electron chi connectivity index (χ3n) is 1.56. The smallest absolute Gasteiger partial charge is 0.151 e. The predicted molar refractivity (Wildman–Crippen MR) is 49.5 cm³/mol. The third-order valence-corrected chi connectivity index (χ3v) is 1.74. The number of aromatic nitrogens is 1. The van der Waals surface area contributed by atoms with Gasteiger partial charge in [0.1, 0.15) is 11.8 Å². The summed E-state index contributed by atoms with van der Waals surface area (Å²) in [7, 11) is 0. The van der Waals surface area contributed by atoms with E-state index in [1.54, 1.807) is 16.8 Å². The second kappa shape index (κ2) is 4.48. The Morgan fingerprint density at radius 2 is 2.46 bits per heavy atom. The predicted octanol–water partition coefficient (Wildman–Crippen LogP) is 1.92. The summed E-state index contributed by atoms with van der Waals surface area (Å²) < 4.78 is 1.66. The van der Waals surface area contributed by atoms with Gasteiger partial charge in [-0.2, -0.15) is 5.26 Å². The first-order valence-electron chi connectivity index (χ1n) is 3.62. The maximum atomic E-state index is 10.4. The Labute approximate surface area is 80.8 Å². The minimum atomic E-state index is 0.455. The number of carbonyl (C=O) groups is 1. The van der Waals surface area contributed by atoms with E-state index in [1.165, 1.54) is 11.6 Å². The van der Waals surface area contributed by atoms with E-state index in [1.807, 2.05) is 6.07 Å². The monoisotopic (exact) mass is 194 g/mol. The molecule has 66 valence electrons. The Kier molecular flexibility index (Phi) is 3.30. The fraction of sp³-hybridized carbons (Fsp3) is 0.111. The lowest BCUT2D eigenvalue weighted by Crippen LogP contribution is -1.95. The van der Waals surface area contributed by atoms with Crippen LogP contribution in [0.25, 0.3) is 0 Å². The summed E-state index contributed by atoms with van der Waals surface area (Å²) in [6.45, 7) is 0.500. The van der Waals surface area contributed by atoms with Crippen molar-refractivity contribution in [3.63, 3.8) is 0 Å². The standard InChI is InChI=1S/C9H7ClN2O/c10-2-1-3-12-6-8(7-13)4-9(12)5-11/h1-2,4,6-7H,3H2. The Morgan fingerprint density at radius 1 is 1.69 bits per heavy atom. The van der Waals surface area contributed by atoms with Crippen LogP contribution in [0.4, 0.5) is 0 Å². The molecule has 1 rings (SSSR count). The molecule has 0 aliphatic rings. The zero-order valence-corrected chi connectivity index (χ0v) is 7.53. The summed E-state index contributed by atoms with van der Waals surface area (Å²) in [4.78, 5) is 10.4. The van der Waals surface area contributed by atoms with Crippen molar-refractivity contribution in [2.24, 2.45) is 0 Å². The molecule has 0 aliphatic carbocycles. The highest BCUT2D eigenvalue weighted by atomic mass is 35.5. The van der Waals surface area contributed by atoms with Gasteiger partial charge in [-0.05, 0) is 6.07 Å². The van der Waals surface area contributed by atoms with Gasteiger partial charge in [-0.25, -0.2) is 0 Å². The lowest BCUT2D eigenvalue weighted by molar-refractivity contribution is 0.112. The van der Waals surface area contributed by atoms with Gasteiger partial charge >= 0.3 is 0 Å². The van der Waals surface area contributed by atoms with Crippen LogP contribution in [0.2, 0.25) is 0 Å². The van der Waals surface area contributed by atoms with Crippen molar-refractivity contribution in [2.45, 2.75) is 6.54 Å². The molecule has 0 unspecified atom stereocenters. The summed E-state index contributed by atoms with van der Waals surface area (Å²) >= 11 is 5.34. The minimum Gasteiger partial charge on any atom is -0.335 e. The molecule has 13 heavy (non-hydrogen) atoms. The van der Waals surface area contributed by atoms with E-state index in [9.17, 15) is 4.79 Å². The molecule has 1 aromatic rings. The molecule has 0 aliphatic heterocycles. The van der Waals surface area contributed by atoms with E-state index >= 15 is 0 Å². The molecule has 1 aromatic heterocycles. The first-order chi connectivity index (χ1) is 6.31. The first kappa shape index (κ1) is 9.56. The topological polar surface area (TPSA) is 45.8 Å². The van der Waals surface area contributed by atoms with Gasteiger partial charge in [-0.1, -0.05) is 17.7 Å². The van der Waals surface area contributed by atoms with Crippen molar-refractivity contribution >= 4 is 17.9 Å². The molecular formula is C9H7ClN2O. The van der Waals surface area contributed by atoms with Crippen molar-refractivity contribution in [1.82, 2.24) is 4.57 Å². The van der Waals surface area contributed by atoms with Crippen molar-refractivity contribution < 1.29 is 4.79 Å².